The second-order valence-electron chi connectivity index (χ2n) is 9.43. The molecule has 33 heavy (non-hydrogen) atoms. The van der Waals surface area contributed by atoms with Crippen LogP contribution in [0.25, 0.3) is 0 Å². The Morgan fingerprint density at radius 1 is 1.18 bits per heavy atom. The van der Waals surface area contributed by atoms with Crippen LogP contribution in [0.2, 0.25) is 5.15 Å². The molecule has 2 N–H and O–H groups in total. The molecule has 1 amide bonds. The van der Waals surface area contributed by atoms with Crippen LogP contribution in [0.15, 0.2) is 42.6 Å². The smallest absolute Gasteiger partial charge is 0.252 e. The van der Waals surface area contributed by atoms with Crippen LogP contribution in [0.5, 0.6) is 0 Å². The van der Waals surface area contributed by atoms with Crippen molar-refractivity contribution in [3.8, 4) is 0 Å². The summed E-state index contributed by atoms with van der Waals surface area (Å²) >= 11 is 6.45. The molecular weight excluding hydrogens is 441 g/mol. The lowest BCUT2D eigenvalue weighted by Gasteiger charge is -2.22. The molecule has 2 aliphatic carbocycles. The number of carbonyl (C=O) groups is 1. The Balaban J connectivity index is 1.30. The van der Waals surface area contributed by atoms with Gasteiger partial charge in [0.2, 0.25) is 0 Å². The van der Waals surface area contributed by atoms with Crippen LogP contribution in [0.1, 0.15) is 58.3 Å². The normalized spacial score (nSPS) is 28.8. The molecule has 3 aromatic rings. The number of halogens is 2. The molecule has 0 bridgehead atoms. The van der Waals surface area contributed by atoms with E-state index in [9.17, 15) is 9.18 Å². The zero-order valence-electron chi connectivity index (χ0n) is 18.3. The molecule has 1 aromatic carbocycles. The number of fused-ring (bicyclic) bond motifs is 3. The second kappa shape index (κ2) is 7.22. The van der Waals surface area contributed by atoms with E-state index < -0.39 is 5.54 Å². The molecule has 6 nitrogen and oxygen atoms in total. The number of rotatable bonds is 4. The van der Waals surface area contributed by atoms with E-state index in [0.717, 1.165) is 35.6 Å². The van der Waals surface area contributed by atoms with Gasteiger partial charge in [-0.05, 0) is 61.6 Å². The molecule has 168 valence electrons. The fraction of sp³-hybridized carbons (Fsp3) is 0.360. The molecule has 1 aliphatic heterocycles. The Morgan fingerprint density at radius 3 is 2.64 bits per heavy atom. The van der Waals surface area contributed by atoms with Crippen LogP contribution < -0.4 is 10.6 Å². The SMILES string of the molecule is Cc1ncc(C2C3CNc4ccc(C5(NC(=O)c6ccc(F)cc6)CC5C)nc4C32)c(Cl)n1. The van der Waals surface area contributed by atoms with E-state index >= 15 is 0 Å². The van der Waals surface area contributed by atoms with E-state index in [4.69, 9.17) is 16.6 Å². The third kappa shape index (κ3) is 3.29. The van der Waals surface area contributed by atoms with Crippen molar-refractivity contribution < 1.29 is 9.18 Å². The van der Waals surface area contributed by atoms with Crippen LogP contribution >= 0.6 is 11.6 Å². The third-order valence-corrected chi connectivity index (χ3v) is 7.70. The lowest BCUT2D eigenvalue weighted by Crippen LogP contribution is -2.37. The summed E-state index contributed by atoms with van der Waals surface area (Å²) in [7, 11) is 0. The van der Waals surface area contributed by atoms with Gasteiger partial charge in [0.15, 0.2) is 0 Å². The van der Waals surface area contributed by atoms with Gasteiger partial charge >= 0.3 is 0 Å². The van der Waals surface area contributed by atoms with E-state index in [1.54, 1.807) is 0 Å². The van der Waals surface area contributed by atoms with Gasteiger partial charge in [0, 0.05) is 35.7 Å². The number of aryl methyl sites for hydroxylation is 1. The van der Waals surface area contributed by atoms with Gasteiger partial charge in [-0.2, -0.15) is 0 Å². The third-order valence-electron chi connectivity index (χ3n) is 7.39. The molecule has 5 atom stereocenters. The monoisotopic (exact) mass is 463 g/mol. The zero-order valence-corrected chi connectivity index (χ0v) is 19.0. The van der Waals surface area contributed by atoms with E-state index in [2.05, 4.69) is 33.6 Å². The Kier molecular flexibility index (Phi) is 4.49. The number of pyridine rings is 1. The summed E-state index contributed by atoms with van der Waals surface area (Å²) in [5.74, 6) is 1.22. The number of benzene rings is 1. The minimum absolute atomic E-state index is 0.220. The quantitative estimate of drug-likeness (QED) is 0.554. The highest BCUT2D eigenvalue weighted by Gasteiger charge is 2.58. The van der Waals surface area contributed by atoms with Gasteiger partial charge in [-0.1, -0.05) is 18.5 Å². The average molecular weight is 464 g/mol. The average Bonchev–Trinajstić information content (AvgIpc) is 3.69. The van der Waals surface area contributed by atoms with Gasteiger partial charge in [-0.25, -0.2) is 14.4 Å². The number of nitrogens with one attached hydrogen (secondary N) is 2. The van der Waals surface area contributed by atoms with Crippen molar-refractivity contribution in [3.05, 3.63) is 81.9 Å². The summed E-state index contributed by atoms with van der Waals surface area (Å²) in [6.07, 6.45) is 2.65. The van der Waals surface area contributed by atoms with Crippen LogP contribution in [-0.2, 0) is 5.54 Å². The standard InChI is InChI=1S/C25H23ClFN5O/c1-12-9-25(12,32-24(33)14-3-5-15(27)6-4-14)19-8-7-18-22(31-19)21-16(10-29-18)20(21)17-11-28-13(2)30-23(17)26/h3-8,11-12,16,20-21,29H,9-10H2,1-2H3,(H,32,33). The lowest BCUT2D eigenvalue weighted by atomic mass is 10.0. The number of anilines is 1. The number of hydrogen-bond donors (Lipinski definition) is 2. The minimum atomic E-state index is -0.511. The highest BCUT2D eigenvalue weighted by atomic mass is 35.5. The fourth-order valence-corrected chi connectivity index (χ4v) is 5.65. The van der Waals surface area contributed by atoms with E-state index in [1.807, 2.05) is 19.2 Å². The van der Waals surface area contributed by atoms with E-state index in [1.165, 1.54) is 24.3 Å². The molecule has 3 heterocycles. The van der Waals surface area contributed by atoms with Crippen molar-refractivity contribution in [3.63, 3.8) is 0 Å². The zero-order chi connectivity index (χ0) is 22.9. The van der Waals surface area contributed by atoms with Crippen molar-refractivity contribution in [2.45, 2.75) is 37.6 Å². The summed E-state index contributed by atoms with van der Waals surface area (Å²) in [5, 5.41) is 7.19. The summed E-state index contributed by atoms with van der Waals surface area (Å²) in [4.78, 5) is 26.7. The number of nitrogens with zero attached hydrogens (tertiary/aromatic N) is 3. The molecule has 3 aliphatic rings. The molecule has 6 rings (SSSR count). The second-order valence-corrected chi connectivity index (χ2v) is 9.78. The van der Waals surface area contributed by atoms with Crippen LogP contribution in [0.4, 0.5) is 10.1 Å². The van der Waals surface area contributed by atoms with Gasteiger partial charge < -0.3 is 10.6 Å². The Bertz CT molecular complexity index is 1280. The summed E-state index contributed by atoms with van der Waals surface area (Å²) < 4.78 is 13.3. The van der Waals surface area contributed by atoms with Crippen molar-refractivity contribution in [1.82, 2.24) is 20.3 Å². The number of amides is 1. The summed E-state index contributed by atoms with van der Waals surface area (Å²) in [6.45, 7) is 4.80. The topological polar surface area (TPSA) is 79.8 Å². The largest absolute Gasteiger partial charge is 0.383 e. The predicted octanol–water partition coefficient (Wildman–Crippen LogP) is 4.56. The molecule has 2 saturated carbocycles. The van der Waals surface area contributed by atoms with E-state index in [-0.39, 0.29) is 29.5 Å². The van der Waals surface area contributed by atoms with Crippen LogP contribution in [-0.4, -0.2) is 27.4 Å². The molecule has 0 spiro atoms. The van der Waals surface area contributed by atoms with Gasteiger partial charge in [0.05, 0.1) is 22.6 Å². The Hall–Kier alpha value is -3.06. The van der Waals surface area contributed by atoms with Crippen LogP contribution in [0, 0.1) is 24.6 Å². The van der Waals surface area contributed by atoms with Gasteiger partial charge in [0.1, 0.15) is 16.8 Å². The number of aromatic nitrogens is 3. The van der Waals surface area contributed by atoms with Crippen molar-refractivity contribution >= 4 is 23.2 Å². The maximum atomic E-state index is 13.3. The maximum Gasteiger partial charge on any atom is 0.252 e. The Morgan fingerprint density at radius 2 is 1.94 bits per heavy atom. The molecule has 2 aromatic heterocycles. The highest BCUT2D eigenvalue weighted by Crippen LogP contribution is 2.64. The van der Waals surface area contributed by atoms with E-state index in [0.29, 0.717) is 22.5 Å². The molecule has 0 saturated heterocycles. The minimum Gasteiger partial charge on any atom is -0.383 e. The van der Waals surface area contributed by atoms with Gasteiger partial charge in [-0.15, -0.1) is 0 Å². The first-order valence-corrected chi connectivity index (χ1v) is 11.6. The Labute approximate surface area is 196 Å². The van der Waals surface area contributed by atoms with Gasteiger partial charge in [0.25, 0.3) is 5.91 Å². The first-order chi connectivity index (χ1) is 15.9. The molecule has 8 heteroatoms. The maximum absolute atomic E-state index is 13.3. The summed E-state index contributed by atoms with van der Waals surface area (Å²) in [5.41, 5.74) is 3.80. The lowest BCUT2D eigenvalue weighted by molar-refractivity contribution is 0.0926. The molecular formula is C25H23ClFN5O. The number of hydrogen-bond acceptors (Lipinski definition) is 5. The highest BCUT2D eigenvalue weighted by molar-refractivity contribution is 6.30. The predicted molar refractivity (Wildman–Crippen MR) is 123 cm³/mol. The number of carbonyl (C=O) groups excluding carboxylic acids is 1. The summed E-state index contributed by atoms with van der Waals surface area (Å²) in [6, 6.07) is 9.67. The van der Waals surface area contributed by atoms with Crippen LogP contribution in [0.3, 0.4) is 0 Å². The fourth-order valence-electron chi connectivity index (χ4n) is 5.35. The van der Waals surface area contributed by atoms with Crippen molar-refractivity contribution in [2.75, 3.05) is 11.9 Å². The van der Waals surface area contributed by atoms with Crippen molar-refractivity contribution in [2.24, 2.45) is 11.8 Å². The van der Waals surface area contributed by atoms with Crippen molar-refractivity contribution in [1.29, 1.82) is 0 Å². The first kappa shape index (κ1) is 20.5. The van der Waals surface area contributed by atoms with Gasteiger partial charge in [-0.3, -0.25) is 9.78 Å². The first-order valence-electron chi connectivity index (χ1n) is 11.2. The molecule has 5 unspecified atom stereocenters. The molecule has 2 fully saturated rings. The molecule has 0 radical (unpaired) electrons.